The van der Waals surface area contributed by atoms with Gasteiger partial charge in [0.05, 0.1) is 12.3 Å². The summed E-state index contributed by atoms with van der Waals surface area (Å²) in [6, 6.07) is 0. The number of aromatic nitrogens is 1. The van der Waals surface area contributed by atoms with Gasteiger partial charge in [-0.1, -0.05) is 0 Å². The van der Waals surface area contributed by atoms with Gasteiger partial charge >= 0.3 is 0 Å². The highest BCUT2D eigenvalue weighted by Gasteiger charge is 2.09. The Morgan fingerprint density at radius 2 is 2.58 bits per heavy atom. The molecule has 1 aromatic heterocycles. The summed E-state index contributed by atoms with van der Waals surface area (Å²) >= 11 is 1.47. The Morgan fingerprint density at radius 3 is 3.17 bits per heavy atom. The zero-order chi connectivity index (χ0) is 8.97. The summed E-state index contributed by atoms with van der Waals surface area (Å²) < 4.78 is 4.89. The van der Waals surface area contributed by atoms with E-state index in [0.717, 1.165) is 5.01 Å². The summed E-state index contributed by atoms with van der Waals surface area (Å²) in [4.78, 5) is 4.13. The van der Waals surface area contributed by atoms with Crippen LogP contribution in [0.1, 0.15) is 16.8 Å². The van der Waals surface area contributed by atoms with Crippen molar-refractivity contribution in [3.63, 3.8) is 0 Å². The molecule has 0 fully saturated rings. The molecule has 5 heteroatoms. The minimum absolute atomic E-state index is 0.205. The van der Waals surface area contributed by atoms with E-state index in [1.165, 1.54) is 11.3 Å². The van der Waals surface area contributed by atoms with Gasteiger partial charge in [0.15, 0.2) is 0 Å². The third-order valence-electron chi connectivity index (χ3n) is 1.40. The first kappa shape index (κ1) is 9.60. The van der Waals surface area contributed by atoms with Gasteiger partial charge in [-0.05, 0) is 0 Å². The van der Waals surface area contributed by atoms with Gasteiger partial charge in [-0.3, -0.25) is 0 Å². The van der Waals surface area contributed by atoms with Crippen molar-refractivity contribution < 1.29 is 9.84 Å². The van der Waals surface area contributed by atoms with Crippen molar-refractivity contribution in [1.82, 2.24) is 4.98 Å². The molecule has 0 saturated carbocycles. The smallest absolute Gasteiger partial charge is 0.119 e. The molecule has 0 amide bonds. The van der Waals surface area contributed by atoms with Crippen molar-refractivity contribution in [2.24, 2.45) is 5.73 Å². The highest BCUT2D eigenvalue weighted by molar-refractivity contribution is 7.09. The molecule has 0 unspecified atom stereocenters. The second-order valence-corrected chi connectivity index (χ2v) is 3.29. The second-order valence-electron chi connectivity index (χ2n) is 2.35. The van der Waals surface area contributed by atoms with E-state index in [1.807, 2.05) is 0 Å². The first-order valence-corrected chi connectivity index (χ1v) is 4.47. The molecule has 3 N–H and O–H groups in total. The quantitative estimate of drug-likeness (QED) is 0.712. The van der Waals surface area contributed by atoms with Crippen LogP contribution < -0.4 is 5.73 Å². The van der Waals surface area contributed by atoms with Crippen LogP contribution in [0.5, 0.6) is 0 Å². The molecular weight excluding hydrogens is 176 g/mol. The minimum atomic E-state index is -0.646. The van der Waals surface area contributed by atoms with Gasteiger partial charge in [-0.2, -0.15) is 0 Å². The Labute approximate surface area is 75.0 Å². The largest absolute Gasteiger partial charge is 0.385 e. The number of hydrogen-bond acceptors (Lipinski definition) is 5. The minimum Gasteiger partial charge on any atom is -0.385 e. The third kappa shape index (κ3) is 2.25. The number of nitrogens with zero attached hydrogens (tertiary/aromatic N) is 1. The Balaban J connectivity index is 2.63. The van der Waals surface area contributed by atoms with E-state index in [2.05, 4.69) is 4.98 Å². The fraction of sp³-hybridized carbons (Fsp3) is 0.571. The first-order chi connectivity index (χ1) is 5.77. The molecule has 0 spiro atoms. The normalized spacial score (nSPS) is 13.2. The van der Waals surface area contributed by atoms with Crippen molar-refractivity contribution in [1.29, 1.82) is 0 Å². The van der Waals surface area contributed by atoms with E-state index >= 15 is 0 Å². The van der Waals surface area contributed by atoms with Gasteiger partial charge in [-0.15, -0.1) is 11.3 Å². The van der Waals surface area contributed by atoms with Gasteiger partial charge in [0.2, 0.25) is 0 Å². The molecule has 1 heterocycles. The van der Waals surface area contributed by atoms with Crippen LogP contribution in [0, 0.1) is 0 Å². The van der Waals surface area contributed by atoms with Crippen LogP contribution in [0.2, 0.25) is 0 Å². The number of aliphatic hydroxyl groups is 1. The lowest BCUT2D eigenvalue weighted by molar-refractivity contribution is 0.175. The number of aliphatic hydroxyl groups excluding tert-OH is 1. The van der Waals surface area contributed by atoms with Crippen molar-refractivity contribution in [3.8, 4) is 0 Å². The lowest BCUT2D eigenvalue weighted by Crippen LogP contribution is -2.11. The van der Waals surface area contributed by atoms with Gasteiger partial charge < -0.3 is 15.6 Å². The van der Waals surface area contributed by atoms with Crippen LogP contribution >= 0.6 is 11.3 Å². The summed E-state index contributed by atoms with van der Waals surface area (Å²) in [6.07, 6.45) is -0.646. The van der Waals surface area contributed by atoms with Crippen molar-refractivity contribution in [2.45, 2.75) is 12.7 Å². The van der Waals surface area contributed by atoms with Crippen LogP contribution in [-0.2, 0) is 11.3 Å². The second kappa shape index (κ2) is 4.51. The molecule has 0 aliphatic rings. The van der Waals surface area contributed by atoms with Crippen molar-refractivity contribution in [2.75, 3.05) is 13.7 Å². The summed E-state index contributed by atoms with van der Waals surface area (Å²) in [5.41, 5.74) is 5.90. The summed E-state index contributed by atoms with van der Waals surface area (Å²) in [7, 11) is 1.61. The molecule has 1 atom stereocenters. The molecule has 0 saturated heterocycles. The summed E-state index contributed by atoms with van der Waals surface area (Å²) in [5.74, 6) is 0. The monoisotopic (exact) mass is 188 g/mol. The Morgan fingerprint density at radius 1 is 1.83 bits per heavy atom. The van der Waals surface area contributed by atoms with Gasteiger partial charge in [0.1, 0.15) is 11.1 Å². The van der Waals surface area contributed by atoms with E-state index in [4.69, 9.17) is 10.5 Å². The predicted octanol–water partition coefficient (Wildman–Crippen LogP) is 0.282. The maximum atomic E-state index is 9.29. The first-order valence-electron chi connectivity index (χ1n) is 3.59. The topological polar surface area (TPSA) is 68.4 Å². The van der Waals surface area contributed by atoms with E-state index < -0.39 is 6.10 Å². The van der Waals surface area contributed by atoms with E-state index in [0.29, 0.717) is 12.3 Å². The summed E-state index contributed by atoms with van der Waals surface area (Å²) in [6.45, 7) is 0.693. The molecular formula is C7H12N2O2S. The van der Waals surface area contributed by atoms with Crippen LogP contribution in [0.3, 0.4) is 0 Å². The van der Waals surface area contributed by atoms with Crippen LogP contribution in [0.25, 0.3) is 0 Å². The van der Waals surface area contributed by atoms with Crippen molar-refractivity contribution >= 4 is 11.3 Å². The molecule has 0 radical (unpaired) electrons. The Hall–Kier alpha value is -0.490. The maximum absolute atomic E-state index is 9.29. The molecule has 4 nitrogen and oxygen atoms in total. The molecule has 1 aromatic rings. The molecule has 12 heavy (non-hydrogen) atoms. The van der Waals surface area contributed by atoms with Gasteiger partial charge in [0, 0.05) is 19.0 Å². The highest BCUT2D eigenvalue weighted by atomic mass is 32.1. The maximum Gasteiger partial charge on any atom is 0.119 e. The number of nitrogens with two attached hydrogens (primary N) is 1. The zero-order valence-electron chi connectivity index (χ0n) is 6.86. The van der Waals surface area contributed by atoms with Gasteiger partial charge in [-0.25, -0.2) is 4.98 Å². The Bertz CT molecular complexity index is 239. The fourth-order valence-electron chi connectivity index (χ4n) is 0.789. The standard InChI is InChI=1S/C7H12N2O2S/c1-11-3-7-9-5(4-12-7)6(10)2-8/h4,6,10H,2-3,8H2,1H3/t6-/m0/s1. The number of hydrogen-bond donors (Lipinski definition) is 2. The van der Waals surface area contributed by atoms with E-state index in [-0.39, 0.29) is 6.54 Å². The molecule has 1 rings (SSSR count). The number of thiazole rings is 1. The zero-order valence-corrected chi connectivity index (χ0v) is 7.67. The highest BCUT2D eigenvalue weighted by Crippen LogP contribution is 2.16. The van der Waals surface area contributed by atoms with Crippen LogP contribution in [0.15, 0.2) is 5.38 Å². The molecule has 0 aliphatic carbocycles. The number of ether oxygens (including phenoxy) is 1. The number of methoxy groups -OCH3 is 1. The van der Waals surface area contributed by atoms with Gasteiger partial charge in [0.25, 0.3) is 0 Å². The van der Waals surface area contributed by atoms with Crippen LogP contribution in [0.4, 0.5) is 0 Å². The Kier molecular flexibility index (Phi) is 3.61. The third-order valence-corrected chi connectivity index (χ3v) is 2.24. The molecule has 68 valence electrons. The lowest BCUT2D eigenvalue weighted by atomic mass is 10.3. The van der Waals surface area contributed by atoms with Crippen molar-refractivity contribution in [3.05, 3.63) is 16.1 Å². The average Bonchev–Trinajstić information content (AvgIpc) is 2.52. The van der Waals surface area contributed by atoms with E-state index in [1.54, 1.807) is 12.5 Å². The summed E-state index contributed by atoms with van der Waals surface area (Å²) in [5, 5.41) is 11.9. The molecule has 0 aliphatic heterocycles. The lowest BCUT2D eigenvalue weighted by Gasteiger charge is -2.01. The average molecular weight is 188 g/mol. The predicted molar refractivity (Wildman–Crippen MR) is 46.8 cm³/mol. The molecule has 0 bridgehead atoms. The molecule has 0 aromatic carbocycles. The SMILES string of the molecule is COCc1nc([C@@H](O)CN)cs1. The van der Waals surface area contributed by atoms with Crippen LogP contribution in [-0.4, -0.2) is 23.7 Å². The fourth-order valence-corrected chi connectivity index (χ4v) is 1.60. The number of rotatable bonds is 4. The van der Waals surface area contributed by atoms with E-state index in [9.17, 15) is 5.11 Å².